The summed E-state index contributed by atoms with van der Waals surface area (Å²) in [4.78, 5) is 4.23. The zero-order valence-electron chi connectivity index (χ0n) is 9.94. The summed E-state index contributed by atoms with van der Waals surface area (Å²) in [6, 6.07) is 10.1. The van der Waals surface area contributed by atoms with Gasteiger partial charge in [-0.05, 0) is 43.2 Å². The molecule has 0 aliphatic rings. The van der Waals surface area contributed by atoms with E-state index in [9.17, 15) is 4.39 Å². The zero-order valence-corrected chi connectivity index (χ0v) is 9.94. The standard InChI is InChI=1S/C14H15FN2/c1-10-3-4-12(9-17-10)14(2,16)11-5-7-13(15)8-6-11/h3-9H,16H2,1-2H3. The molecule has 1 atom stereocenters. The first-order valence-corrected chi connectivity index (χ1v) is 5.48. The molecule has 2 N–H and O–H groups in total. The molecule has 0 saturated heterocycles. The number of aryl methyl sites for hydroxylation is 1. The van der Waals surface area contributed by atoms with Crippen molar-refractivity contribution >= 4 is 0 Å². The van der Waals surface area contributed by atoms with Gasteiger partial charge >= 0.3 is 0 Å². The molecule has 3 heteroatoms. The second kappa shape index (κ2) is 4.26. The number of aromatic nitrogens is 1. The van der Waals surface area contributed by atoms with Crippen molar-refractivity contribution in [1.82, 2.24) is 4.98 Å². The maximum absolute atomic E-state index is 12.9. The van der Waals surface area contributed by atoms with Crippen molar-refractivity contribution in [3.8, 4) is 0 Å². The first kappa shape index (κ1) is 11.7. The Morgan fingerprint density at radius 1 is 1.06 bits per heavy atom. The Balaban J connectivity index is 2.41. The van der Waals surface area contributed by atoms with Gasteiger partial charge < -0.3 is 5.73 Å². The topological polar surface area (TPSA) is 38.9 Å². The summed E-state index contributed by atoms with van der Waals surface area (Å²) in [5, 5.41) is 0. The van der Waals surface area contributed by atoms with Gasteiger partial charge in [0.05, 0.1) is 5.54 Å². The molecule has 0 aliphatic heterocycles. The van der Waals surface area contributed by atoms with Crippen LogP contribution in [0.25, 0.3) is 0 Å². The minimum atomic E-state index is -0.658. The molecular weight excluding hydrogens is 215 g/mol. The number of rotatable bonds is 2. The lowest BCUT2D eigenvalue weighted by atomic mass is 9.86. The minimum Gasteiger partial charge on any atom is -0.318 e. The molecule has 2 nitrogen and oxygen atoms in total. The van der Waals surface area contributed by atoms with Crippen molar-refractivity contribution < 1.29 is 4.39 Å². The lowest BCUT2D eigenvalue weighted by Crippen LogP contribution is -2.34. The number of nitrogens with zero attached hydrogens (tertiary/aromatic N) is 1. The monoisotopic (exact) mass is 230 g/mol. The Morgan fingerprint density at radius 3 is 2.18 bits per heavy atom. The van der Waals surface area contributed by atoms with Gasteiger partial charge in [-0.1, -0.05) is 18.2 Å². The lowest BCUT2D eigenvalue weighted by molar-refractivity contribution is 0.590. The molecule has 0 amide bonds. The molecule has 1 aromatic carbocycles. The molecule has 1 aromatic heterocycles. The maximum Gasteiger partial charge on any atom is 0.123 e. The number of halogens is 1. The van der Waals surface area contributed by atoms with Crippen LogP contribution in [-0.4, -0.2) is 4.98 Å². The molecular formula is C14H15FN2. The van der Waals surface area contributed by atoms with Gasteiger partial charge in [-0.2, -0.15) is 0 Å². The van der Waals surface area contributed by atoms with E-state index in [1.807, 2.05) is 26.0 Å². The summed E-state index contributed by atoms with van der Waals surface area (Å²) in [5.74, 6) is -0.258. The van der Waals surface area contributed by atoms with Crippen LogP contribution in [0.5, 0.6) is 0 Å². The first-order valence-electron chi connectivity index (χ1n) is 5.48. The Labute approximate surface area is 100 Å². The summed E-state index contributed by atoms with van der Waals surface area (Å²) in [6.45, 7) is 3.82. The van der Waals surface area contributed by atoms with Gasteiger partial charge in [0.15, 0.2) is 0 Å². The lowest BCUT2D eigenvalue weighted by Gasteiger charge is -2.25. The fourth-order valence-corrected chi connectivity index (χ4v) is 1.74. The summed E-state index contributed by atoms with van der Waals surface area (Å²) in [5.41, 5.74) is 8.36. The van der Waals surface area contributed by atoms with Crippen molar-refractivity contribution in [2.45, 2.75) is 19.4 Å². The molecule has 88 valence electrons. The second-order valence-corrected chi connectivity index (χ2v) is 4.40. The van der Waals surface area contributed by atoms with Crippen LogP contribution in [-0.2, 0) is 5.54 Å². The van der Waals surface area contributed by atoms with Crippen LogP contribution in [0.1, 0.15) is 23.7 Å². The van der Waals surface area contributed by atoms with Crippen molar-refractivity contribution in [1.29, 1.82) is 0 Å². The molecule has 2 aromatic rings. The Morgan fingerprint density at radius 2 is 1.65 bits per heavy atom. The Kier molecular flexibility index (Phi) is 2.94. The minimum absolute atomic E-state index is 0.258. The second-order valence-electron chi connectivity index (χ2n) is 4.40. The maximum atomic E-state index is 12.9. The molecule has 0 spiro atoms. The largest absolute Gasteiger partial charge is 0.318 e. The van der Waals surface area contributed by atoms with Gasteiger partial charge in [-0.3, -0.25) is 4.98 Å². The van der Waals surface area contributed by atoms with E-state index in [1.54, 1.807) is 18.3 Å². The number of pyridine rings is 1. The molecule has 2 rings (SSSR count). The van der Waals surface area contributed by atoms with Crippen molar-refractivity contribution in [2.24, 2.45) is 5.73 Å². The van der Waals surface area contributed by atoms with E-state index in [0.29, 0.717) is 0 Å². The summed E-state index contributed by atoms with van der Waals surface area (Å²) < 4.78 is 12.9. The average Bonchev–Trinajstić information content (AvgIpc) is 2.30. The van der Waals surface area contributed by atoms with Crippen LogP contribution in [0.2, 0.25) is 0 Å². The first-order chi connectivity index (χ1) is 8.00. The van der Waals surface area contributed by atoms with Gasteiger partial charge in [0.1, 0.15) is 5.82 Å². The van der Waals surface area contributed by atoms with Crippen molar-refractivity contribution in [3.63, 3.8) is 0 Å². The van der Waals surface area contributed by atoms with E-state index in [4.69, 9.17) is 5.73 Å². The van der Waals surface area contributed by atoms with Crippen molar-refractivity contribution in [2.75, 3.05) is 0 Å². The molecule has 1 unspecified atom stereocenters. The van der Waals surface area contributed by atoms with E-state index in [2.05, 4.69) is 4.98 Å². The van der Waals surface area contributed by atoms with E-state index in [-0.39, 0.29) is 5.82 Å². The van der Waals surface area contributed by atoms with Crippen LogP contribution in [0.15, 0.2) is 42.6 Å². The highest BCUT2D eigenvalue weighted by Crippen LogP contribution is 2.26. The normalized spacial score (nSPS) is 14.4. The fourth-order valence-electron chi connectivity index (χ4n) is 1.74. The number of nitrogens with two attached hydrogens (primary N) is 1. The number of hydrogen-bond acceptors (Lipinski definition) is 2. The van der Waals surface area contributed by atoms with E-state index in [1.165, 1.54) is 12.1 Å². The van der Waals surface area contributed by atoms with Gasteiger partial charge in [0.25, 0.3) is 0 Å². The predicted molar refractivity (Wildman–Crippen MR) is 66.0 cm³/mol. The molecule has 0 bridgehead atoms. The zero-order chi connectivity index (χ0) is 12.5. The van der Waals surface area contributed by atoms with Crippen LogP contribution >= 0.6 is 0 Å². The van der Waals surface area contributed by atoms with E-state index in [0.717, 1.165) is 16.8 Å². The Bertz CT molecular complexity index is 453. The highest BCUT2D eigenvalue weighted by atomic mass is 19.1. The Hall–Kier alpha value is -1.74. The third-order valence-corrected chi connectivity index (χ3v) is 2.95. The van der Waals surface area contributed by atoms with E-state index >= 15 is 0 Å². The summed E-state index contributed by atoms with van der Waals surface area (Å²) >= 11 is 0. The highest BCUT2D eigenvalue weighted by Gasteiger charge is 2.23. The average molecular weight is 230 g/mol. The molecule has 0 fully saturated rings. The smallest absolute Gasteiger partial charge is 0.123 e. The third-order valence-electron chi connectivity index (χ3n) is 2.95. The van der Waals surface area contributed by atoms with Crippen LogP contribution in [0, 0.1) is 12.7 Å². The fraction of sp³-hybridized carbons (Fsp3) is 0.214. The highest BCUT2D eigenvalue weighted by molar-refractivity contribution is 5.35. The quantitative estimate of drug-likeness (QED) is 0.861. The van der Waals surface area contributed by atoms with Crippen LogP contribution in [0.4, 0.5) is 4.39 Å². The SMILES string of the molecule is Cc1ccc(C(C)(N)c2ccc(F)cc2)cn1. The number of benzene rings is 1. The van der Waals surface area contributed by atoms with Gasteiger partial charge in [-0.15, -0.1) is 0 Å². The summed E-state index contributed by atoms with van der Waals surface area (Å²) in [7, 11) is 0. The van der Waals surface area contributed by atoms with Crippen molar-refractivity contribution in [3.05, 3.63) is 65.2 Å². The summed E-state index contributed by atoms with van der Waals surface area (Å²) in [6.07, 6.45) is 1.76. The van der Waals surface area contributed by atoms with Gasteiger partial charge in [0.2, 0.25) is 0 Å². The molecule has 0 saturated carbocycles. The van der Waals surface area contributed by atoms with Gasteiger partial charge in [-0.25, -0.2) is 4.39 Å². The third kappa shape index (κ3) is 2.34. The molecule has 0 radical (unpaired) electrons. The predicted octanol–water partition coefficient (Wildman–Crippen LogP) is 2.75. The van der Waals surface area contributed by atoms with Gasteiger partial charge in [0, 0.05) is 11.9 Å². The van der Waals surface area contributed by atoms with Crippen LogP contribution < -0.4 is 5.73 Å². The van der Waals surface area contributed by atoms with E-state index < -0.39 is 5.54 Å². The molecule has 0 aliphatic carbocycles. The van der Waals surface area contributed by atoms with Crippen LogP contribution in [0.3, 0.4) is 0 Å². The molecule has 17 heavy (non-hydrogen) atoms. The molecule has 1 heterocycles. The number of hydrogen-bond donors (Lipinski definition) is 1.